The number of fused-ring (bicyclic) bond motifs is 4. The molecule has 0 radical (unpaired) electrons. The van der Waals surface area contributed by atoms with Gasteiger partial charge in [-0.2, -0.15) is 20.4 Å². The second-order valence-corrected chi connectivity index (χ2v) is 42.0. The van der Waals surface area contributed by atoms with Crippen molar-refractivity contribution in [2.75, 3.05) is 135 Å². The number of morpholine rings is 1. The number of nitrogens with one attached hydrogen (secondary N) is 14. The van der Waals surface area contributed by atoms with Crippen molar-refractivity contribution in [1.82, 2.24) is 90.5 Å². The van der Waals surface area contributed by atoms with Crippen molar-refractivity contribution in [2.45, 2.75) is 19.4 Å². The minimum absolute atomic E-state index is 0.0150. The molecular weight excluding hydrogens is 1840 g/mol. The highest BCUT2D eigenvalue weighted by atomic mass is 32.2. The lowest BCUT2D eigenvalue weighted by Gasteiger charge is -2.28. The number of carbonyl (C=O) groups is 6. The van der Waals surface area contributed by atoms with Gasteiger partial charge in [-0.05, 0) is 200 Å². The Bertz CT molecular complexity index is 7540. The number of ether oxygens (including phenoxy) is 1. The number of amides is 7. The number of hydrogen-bond acceptors (Lipinski definition) is 25. The van der Waals surface area contributed by atoms with E-state index in [1.165, 1.54) is 54.7 Å². The van der Waals surface area contributed by atoms with E-state index in [9.17, 15) is 45.6 Å². The summed E-state index contributed by atoms with van der Waals surface area (Å²) in [6.45, 7) is 3.85. The zero-order valence-electron chi connectivity index (χ0n) is 76.0. The highest BCUT2D eigenvalue weighted by Gasteiger charge is 2.30. The maximum Gasteiger partial charge on any atom is 0.321 e. The Morgan fingerprint density at radius 2 is 0.688 bits per heavy atom. The van der Waals surface area contributed by atoms with Crippen molar-refractivity contribution in [3.63, 3.8) is 0 Å². The fourth-order valence-corrected chi connectivity index (χ4v) is 16.3. The number of rotatable bonds is 26. The van der Waals surface area contributed by atoms with E-state index < -0.39 is 50.6 Å². The number of hydrogen-bond donors (Lipinski definition) is 14. The molecule has 138 heavy (non-hydrogen) atoms. The first-order chi connectivity index (χ1) is 65.9. The monoisotopic (exact) mass is 1940 g/mol. The fraction of sp³-hybridized carbons (Fsp3) is 0.170. The van der Waals surface area contributed by atoms with Gasteiger partial charge < -0.3 is 51.3 Å². The maximum absolute atomic E-state index is 13.0. The summed E-state index contributed by atoms with van der Waals surface area (Å²) >= 11 is 0. The molecule has 18 rings (SSSR count). The summed E-state index contributed by atoms with van der Waals surface area (Å²) in [6.07, 6.45) is 27.5. The molecule has 1 aliphatic heterocycles. The van der Waals surface area contributed by atoms with Crippen LogP contribution in [-0.4, -0.2) is 246 Å². The maximum atomic E-state index is 13.0. The summed E-state index contributed by atoms with van der Waals surface area (Å²) in [5, 5.41) is 47.9. The molecule has 44 heteroatoms. The van der Waals surface area contributed by atoms with Crippen LogP contribution in [0.4, 0.5) is 67.9 Å². The molecule has 0 bridgehead atoms. The Balaban J connectivity index is 0.000000140. The van der Waals surface area contributed by atoms with Crippen LogP contribution in [0.2, 0.25) is 0 Å². The number of nitrogens with zero attached hydrogens (tertiary/aromatic N) is 15. The zero-order valence-corrected chi connectivity index (χ0v) is 79.2. The molecular formula is C94H97N29O11S4. The molecule has 16 aromatic rings. The van der Waals surface area contributed by atoms with Crippen LogP contribution in [0.5, 0.6) is 0 Å². The predicted octanol–water partition coefficient (Wildman–Crippen LogP) is 12.1. The van der Waals surface area contributed by atoms with Crippen molar-refractivity contribution in [3.8, 4) is 44.5 Å². The van der Waals surface area contributed by atoms with Crippen LogP contribution in [-0.2, 0) is 54.9 Å². The molecule has 1 saturated carbocycles. The molecule has 13 heterocycles. The van der Waals surface area contributed by atoms with Crippen molar-refractivity contribution in [3.05, 3.63) is 248 Å². The van der Waals surface area contributed by atoms with Crippen molar-refractivity contribution < 1.29 is 50.3 Å². The van der Waals surface area contributed by atoms with Crippen molar-refractivity contribution >= 4 is 205 Å². The Labute approximate surface area is 793 Å². The lowest BCUT2D eigenvalue weighted by Crippen LogP contribution is -2.36. The largest absolute Gasteiger partial charge is 0.378 e. The van der Waals surface area contributed by atoms with E-state index in [1.807, 2.05) is 118 Å². The van der Waals surface area contributed by atoms with Gasteiger partial charge in [0.15, 0.2) is 22.8 Å². The molecule has 7 amide bonds. The average molecular weight is 1940 g/mol. The van der Waals surface area contributed by atoms with Gasteiger partial charge in [-0.25, -0.2) is 41.6 Å². The first-order valence-electron chi connectivity index (χ1n) is 42.4. The summed E-state index contributed by atoms with van der Waals surface area (Å²) in [5.41, 5.74) is 16.1. The molecule has 14 N–H and O–H groups in total. The minimum Gasteiger partial charge on any atom is -0.378 e. The van der Waals surface area contributed by atoms with Crippen LogP contribution in [0, 0.1) is 5.92 Å². The molecule has 2 aliphatic rings. The molecule has 1 aliphatic carbocycles. The topological polar surface area (TPSA) is 528 Å². The van der Waals surface area contributed by atoms with Crippen LogP contribution >= 0.6 is 0 Å². The second-order valence-electron chi connectivity index (χ2n) is 33.2. The SMILES string of the molecule is C=S(C)(=O)Nc1ccc(NC(=O)c2n[nH]c3ccc(-c4cncc(CN(C)C)c4)cc23)cn1.C=S(C)(=O)Nc1ccc(NC(=O)c2n[nH]c3ccc(-c4cncc(N5CCOCC5)c4)cc23)cn1.C=S(C)(=O)Nc1ccc(NC(=O)c2n[nH]c3ccc(-c4cncc(NC(=O)C5CC5)c4)cc23)cn1.C=S(C)(=O)Nc1ccc(NC(=O)c2n[nH]c3ccc(-c4cncc(NC(=O)N(C)C)c4)cc23)cn1. The molecule has 1 saturated heterocycles. The number of urea groups is 1. The third-order valence-corrected chi connectivity index (χ3v) is 23.1. The van der Waals surface area contributed by atoms with Crippen molar-refractivity contribution in [1.29, 1.82) is 0 Å². The van der Waals surface area contributed by atoms with E-state index >= 15 is 0 Å². The van der Waals surface area contributed by atoms with Gasteiger partial charge in [-0.15, -0.1) is 0 Å². The van der Waals surface area contributed by atoms with Gasteiger partial charge in [-0.1, -0.05) is 24.3 Å². The summed E-state index contributed by atoms with van der Waals surface area (Å²) in [6, 6.07) is 43.4. The van der Waals surface area contributed by atoms with Gasteiger partial charge in [0.05, 0.1) is 118 Å². The quantitative estimate of drug-likeness (QED) is 0.0224. The lowest BCUT2D eigenvalue weighted by atomic mass is 10.0. The highest BCUT2D eigenvalue weighted by Crippen LogP contribution is 2.35. The van der Waals surface area contributed by atoms with Gasteiger partial charge in [0.25, 0.3) is 23.6 Å². The van der Waals surface area contributed by atoms with E-state index in [1.54, 1.807) is 93.5 Å². The number of anilines is 11. The summed E-state index contributed by atoms with van der Waals surface area (Å²) in [5.74, 6) is 14.3. The van der Waals surface area contributed by atoms with E-state index in [0.717, 1.165) is 99.3 Å². The third-order valence-electron chi connectivity index (χ3n) is 20.6. The Morgan fingerprint density at radius 1 is 0.370 bits per heavy atom. The fourth-order valence-electron chi connectivity index (χ4n) is 14.1. The van der Waals surface area contributed by atoms with Crippen LogP contribution < -0.4 is 55.7 Å². The van der Waals surface area contributed by atoms with Gasteiger partial charge in [-0.3, -0.25) is 83.2 Å². The normalized spacial score (nSPS) is 14.0. The van der Waals surface area contributed by atoms with Gasteiger partial charge in [0, 0.05) is 178 Å². The van der Waals surface area contributed by atoms with E-state index in [0.29, 0.717) is 103 Å². The smallest absolute Gasteiger partial charge is 0.321 e. The van der Waals surface area contributed by atoms with Gasteiger partial charge in [0.2, 0.25) is 5.91 Å². The van der Waals surface area contributed by atoms with E-state index in [2.05, 4.69) is 177 Å². The van der Waals surface area contributed by atoms with Crippen molar-refractivity contribution in [2.24, 2.45) is 5.92 Å². The molecule has 4 aromatic carbocycles. The van der Waals surface area contributed by atoms with Crippen LogP contribution in [0.15, 0.2) is 220 Å². The van der Waals surface area contributed by atoms with Gasteiger partial charge in [0.1, 0.15) is 23.3 Å². The Kier molecular flexibility index (Phi) is 29.0. The van der Waals surface area contributed by atoms with E-state index in [4.69, 9.17) is 4.74 Å². The highest BCUT2D eigenvalue weighted by molar-refractivity contribution is 8.01. The molecule has 40 nitrogen and oxygen atoms in total. The number of H-pyrrole nitrogens is 4. The molecule has 708 valence electrons. The Morgan fingerprint density at radius 3 is 1.00 bits per heavy atom. The molecule has 2 fully saturated rings. The number of pyridine rings is 8. The minimum atomic E-state index is -2.45. The number of carbonyl (C=O) groups excluding carboxylic acids is 6. The lowest BCUT2D eigenvalue weighted by molar-refractivity contribution is -0.117. The van der Waals surface area contributed by atoms with Crippen LogP contribution in [0.25, 0.3) is 88.1 Å². The van der Waals surface area contributed by atoms with Gasteiger partial charge >= 0.3 is 6.03 Å². The third kappa shape index (κ3) is 25.9. The number of aromatic nitrogens is 16. The molecule has 4 unspecified atom stereocenters. The van der Waals surface area contributed by atoms with E-state index in [-0.39, 0.29) is 52.4 Å². The first kappa shape index (κ1) is 96.2. The molecule has 4 atom stereocenters. The average Bonchev–Trinajstić information content (AvgIpc) is 1.64. The summed E-state index contributed by atoms with van der Waals surface area (Å²) < 4.78 is 63.3. The zero-order chi connectivity index (χ0) is 97.7. The molecule has 0 spiro atoms. The summed E-state index contributed by atoms with van der Waals surface area (Å²) in [7, 11) is -2.44. The second kappa shape index (κ2) is 41.6. The standard InChI is InChI=1S/C24H25N7O3S.C24H23N7O3S.C23H24N8O3S.C23H25N7O2S/c1-35(2,33)30-22-6-4-18(14-26-22)27-24(32)23-20-12-16(3-5-21(20)28-29-23)17-11-19(15-25-13-17)31-7-9-34-10-8-31;1-35(2,34)31-21-8-6-17(13-26-21)27-24(33)22-19-10-15(5-7-20(19)29-30-22)16-9-18(12-25-11-16)28-23(32)14-3-4-14;1-31(2)23(33)27-17-9-15(11-24-12-17)14-5-7-19-18(10-14)21(29-28-19)22(32)26-16-6-8-20(25-13-16)30-35(3,4)34;1-30(2)14-15-9-17(12-24-11-15)16-5-7-20-19(10-16)22(28-27-20)23(31)26-18-6-8-21(25-13-18)29-33(3,4)32/h3-6,11-15H,1,7-10H2,2H3,(H,27,32)(H,28,29)(H,26,30,33);5-14H,1,3-4H2,2H3,(H,27,33)(H,28,32)(H,29,30)(H,26,31,34);5-13H,3H2,1-2,4H3,(H,26,32)(H,27,33)(H,28,29)(H,25,30,34);5-13H,3,14H2,1-2,4H3,(H,26,31)(H,27,28)(H,25,29,32). The predicted molar refractivity (Wildman–Crippen MR) is 550 cm³/mol. The van der Waals surface area contributed by atoms with Crippen LogP contribution in [0.3, 0.4) is 0 Å². The first-order valence-corrected chi connectivity index (χ1v) is 50.9. The number of aromatic amines is 4. The number of benzene rings is 4. The van der Waals surface area contributed by atoms with Crippen LogP contribution in [0.1, 0.15) is 60.4 Å². The molecule has 12 aromatic heterocycles. The Hall–Kier alpha value is -16.4. The summed E-state index contributed by atoms with van der Waals surface area (Å²) in [4.78, 5) is 115.